The lowest BCUT2D eigenvalue weighted by molar-refractivity contribution is -0.385. The lowest BCUT2D eigenvalue weighted by Crippen LogP contribution is -2.13. The second kappa shape index (κ2) is 6.54. The van der Waals surface area contributed by atoms with Crippen LogP contribution in [0.3, 0.4) is 0 Å². The number of sulfone groups is 1. The maximum Gasteiger partial charge on any atom is 0.271 e. The monoisotopic (exact) mass is 372 g/mol. The van der Waals surface area contributed by atoms with Gasteiger partial charge in [-0.1, -0.05) is 11.6 Å². The highest BCUT2D eigenvalue weighted by Gasteiger charge is 2.19. The topological polar surface area (TPSA) is 106 Å². The van der Waals surface area contributed by atoms with E-state index in [0.717, 1.165) is 36.6 Å². The molecule has 2 aromatic carbocycles. The fourth-order valence-corrected chi connectivity index (χ4v) is 2.71. The van der Waals surface area contributed by atoms with Crippen LogP contribution in [0.25, 0.3) is 0 Å². The Hall–Kier alpha value is -2.52. The van der Waals surface area contributed by atoms with E-state index in [1.807, 2.05) is 0 Å². The van der Waals surface area contributed by atoms with Gasteiger partial charge in [0.1, 0.15) is 5.82 Å². The Bertz CT molecular complexity index is 946. The van der Waals surface area contributed by atoms with Crippen molar-refractivity contribution in [3.8, 4) is 0 Å². The third-order valence-electron chi connectivity index (χ3n) is 2.97. The molecule has 10 heteroatoms. The van der Waals surface area contributed by atoms with Gasteiger partial charge in [-0.3, -0.25) is 14.9 Å². The van der Waals surface area contributed by atoms with Crippen molar-refractivity contribution < 1.29 is 22.5 Å². The molecule has 126 valence electrons. The van der Waals surface area contributed by atoms with Gasteiger partial charge in [0.25, 0.3) is 11.6 Å². The molecule has 0 aliphatic carbocycles. The normalized spacial score (nSPS) is 11.1. The lowest BCUT2D eigenvalue weighted by atomic mass is 10.2. The van der Waals surface area contributed by atoms with E-state index in [1.165, 1.54) is 6.07 Å². The summed E-state index contributed by atoms with van der Waals surface area (Å²) < 4.78 is 36.2. The van der Waals surface area contributed by atoms with E-state index in [0.29, 0.717) is 0 Å². The molecule has 2 aromatic rings. The molecule has 1 amide bonds. The van der Waals surface area contributed by atoms with E-state index in [9.17, 15) is 27.7 Å². The van der Waals surface area contributed by atoms with Gasteiger partial charge in [-0.2, -0.15) is 0 Å². The zero-order valence-electron chi connectivity index (χ0n) is 12.1. The standard InChI is InChI=1S/C14H10ClFN2O5S/c1-24(22,23)11-5-8(4-10(7-11)18(20)21)14(19)17-13-3-2-9(16)6-12(13)15/h2-7H,1H3,(H,17,19). The van der Waals surface area contributed by atoms with Crippen molar-refractivity contribution in [3.05, 3.63) is 62.9 Å². The first-order valence-corrected chi connectivity index (χ1v) is 8.61. The van der Waals surface area contributed by atoms with E-state index in [1.54, 1.807) is 0 Å². The Kier molecular flexibility index (Phi) is 4.86. The maximum atomic E-state index is 13.0. The van der Waals surface area contributed by atoms with Crippen molar-refractivity contribution in [2.45, 2.75) is 4.90 Å². The van der Waals surface area contributed by atoms with Gasteiger partial charge in [0.15, 0.2) is 9.84 Å². The number of amides is 1. The Morgan fingerprint density at radius 1 is 1.25 bits per heavy atom. The van der Waals surface area contributed by atoms with E-state index < -0.39 is 32.2 Å². The van der Waals surface area contributed by atoms with Crippen LogP contribution in [0, 0.1) is 15.9 Å². The molecule has 0 unspecified atom stereocenters. The van der Waals surface area contributed by atoms with Gasteiger partial charge in [-0.05, 0) is 24.3 Å². The number of hydrogen-bond donors (Lipinski definition) is 1. The molecule has 2 rings (SSSR count). The van der Waals surface area contributed by atoms with E-state index in [2.05, 4.69) is 5.32 Å². The second-order valence-electron chi connectivity index (χ2n) is 4.82. The van der Waals surface area contributed by atoms with Gasteiger partial charge in [0.05, 0.1) is 20.5 Å². The number of hydrogen-bond acceptors (Lipinski definition) is 5. The molecule has 0 atom stereocenters. The molecule has 0 aliphatic rings. The van der Waals surface area contributed by atoms with Crippen LogP contribution >= 0.6 is 11.6 Å². The summed E-state index contributed by atoms with van der Waals surface area (Å²) in [7, 11) is -3.76. The van der Waals surface area contributed by atoms with Crippen molar-refractivity contribution in [2.75, 3.05) is 11.6 Å². The Morgan fingerprint density at radius 3 is 2.46 bits per heavy atom. The van der Waals surface area contributed by atoms with Gasteiger partial charge in [0, 0.05) is 24.0 Å². The first kappa shape index (κ1) is 17.8. The molecule has 1 N–H and O–H groups in total. The highest BCUT2D eigenvalue weighted by atomic mass is 35.5. The SMILES string of the molecule is CS(=O)(=O)c1cc(C(=O)Nc2ccc(F)cc2Cl)cc([N+](=O)[O-])c1. The van der Waals surface area contributed by atoms with Crippen LogP contribution in [0.1, 0.15) is 10.4 Å². The smallest absolute Gasteiger partial charge is 0.271 e. The third kappa shape index (κ3) is 4.06. The van der Waals surface area contributed by atoms with Gasteiger partial charge < -0.3 is 5.32 Å². The molecule has 0 heterocycles. The quantitative estimate of drug-likeness (QED) is 0.655. The number of carbonyl (C=O) groups is 1. The maximum absolute atomic E-state index is 13.0. The predicted molar refractivity (Wildman–Crippen MR) is 85.6 cm³/mol. The Labute approximate surface area is 141 Å². The molecular formula is C14H10ClFN2O5S. The average Bonchev–Trinajstić information content (AvgIpc) is 2.48. The molecule has 0 saturated heterocycles. The van der Waals surface area contributed by atoms with Crippen molar-refractivity contribution in [1.29, 1.82) is 0 Å². The molecule has 0 spiro atoms. The summed E-state index contributed by atoms with van der Waals surface area (Å²) in [6.07, 6.45) is 0.866. The van der Waals surface area contributed by atoms with Crippen LogP contribution in [-0.2, 0) is 9.84 Å². The number of nitro groups is 1. The van der Waals surface area contributed by atoms with Crippen LogP contribution < -0.4 is 5.32 Å². The van der Waals surface area contributed by atoms with Gasteiger partial charge in [0.2, 0.25) is 0 Å². The number of rotatable bonds is 4. The number of carbonyl (C=O) groups excluding carboxylic acids is 1. The van der Waals surface area contributed by atoms with Crippen molar-refractivity contribution >= 4 is 38.7 Å². The molecule has 0 aromatic heterocycles. The number of nitrogens with one attached hydrogen (secondary N) is 1. The first-order chi connectivity index (χ1) is 11.1. The molecule has 0 saturated carbocycles. The summed E-state index contributed by atoms with van der Waals surface area (Å²) in [5, 5.41) is 13.2. The number of nitro benzene ring substituents is 1. The van der Waals surface area contributed by atoms with E-state index in [-0.39, 0.29) is 21.2 Å². The molecule has 0 bridgehead atoms. The van der Waals surface area contributed by atoms with Crippen molar-refractivity contribution in [1.82, 2.24) is 0 Å². The predicted octanol–water partition coefficient (Wildman–Crippen LogP) is 3.04. The van der Waals surface area contributed by atoms with E-state index >= 15 is 0 Å². The minimum atomic E-state index is -3.76. The summed E-state index contributed by atoms with van der Waals surface area (Å²) in [6.45, 7) is 0. The zero-order chi connectivity index (χ0) is 18.1. The zero-order valence-corrected chi connectivity index (χ0v) is 13.7. The van der Waals surface area contributed by atoms with Crippen LogP contribution in [0.4, 0.5) is 15.8 Å². The van der Waals surface area contributed by atoms with E-state index in [4.69, 9.17) is 11.6 Å². The molecular weight excluding hydrogens is 363 g/mol. The van der Waals surface area contributed by atoms with Gasteiger partial charge >= 0.3 is 0 Å². The van der Waals surface area contributed by atoms with Crippen LogP contribution in [0.2, 0.25) is 5.02 Å². The third-order valence-corrected chi connectivity index (χ3v) is 4.38. The molecule has 24 heavy (non-hydrogen) atoms. The average molecular weight is 373 g/mol. The number of non-ortho nitro benzene ring substituents is 1. The van der Waals surface area contributed by atoms with Crippen LogP contribution in [0.15, 0.2) is 41.3 Å². The van der Waals surface area contributed by atoms with Gasteiger partial charge in [-0.25, -0.2) is 12.8 Å². The Balaban J connectivity index is 2.45. The lowest BCUT2D eigenvalue weighted by Gasteiger charge is -2.08. The Morgan fingerprint density at radius 2 is 1.92 bits per heavy atom. The summed E-state index contributed by atoms with van der Waals surface area (Å²) in [6, 6.07) is 6.06. The highest BCUT2D eigenvalue weighted by molar-refractivity contribution is 7.90. The van der Waals surface area contributed by atoms with Crippen LogP contribution in [0.5, 0.6) is 0 Å². The molecule has 0 radical (unpaired) electrons. The second-order valence-corrected chi connectivity index (χ2v) is 7.25. The highest BCUT2D eigenvalue weighted by Crippen LogP contribution is 2.25. The first-order valence-electron chi connectivity index (χ1n) is 6.34. The number of nitrogens with zero attached hydrogens (tertiary/aromatic N) is 1. The number of anilines is 1. The molecule has 0 aliphatic heterocycles. The number of halogens is 2. The van der Waals surface area contributed by atoms with Gasteiger partial charge in [-0.15, -0.1) is 0 Å². The van der Waals surface area contributed by atoms with Crippen molar-refractivity contribution in [2.24, 2.45) is 0 Å². The summed E-state index contributed by atoms with van der Waals surface area (Å²) in [4.78, 5) is 22.0. The number of benzene rings is 2. The summed E-state index contributed by atoms with van der Waals surface area (Å²) in [5.74, 6) is -1.43. The van der Waals surface area contributed by atoms with Crippen molar-refractivity contribution in [3.63, 3.8) is 0 Å². The fourth-order valence-electron chi connectivity index (χ4n) is 1.82. The fraction of sp³-hybridized carbons (Fsp3) is 0.0714. The minimum Gasteiger partial charge on any atom is -0.321 e. The molecule has 0 fully saturated rings. The summed E-state index contributed by atoms with van der Waals surface area (Å²) in [5.41, 5.74) is -0.714. The largest absolute Gasteiger partial charge is 0.321 e. The molecule has 7 nitrogen and oxygen atoms in total. The minimum absolute atomic E-state index is 0.0721. The summed E-state index contributed by atoms with van der Waals surface area (Å²) >= 11 is 5.79. The van der Waals surface area contributed by atoms with Crippen LogP contribution in [-0.4, -0.2) is 25.5 Å².